The molecule has 2 fully saturated rings. The van der Waals surface area contributed by atoms with Gasteiger partial charge in [-0.3, -0.25) is 4.90 Å². The Bertz CT molecular complexity index is 930. The summed E-state index contributed by atoms with van der Waals surface area (Å²) in [6, 6.07) is 14.4. The minimum absolute atomic E-state index is 0.152. The topological polar surface area (TPSA) is 82.8 Å². The molecule has 6 nitrogen and oxygen atoms in total. The van der Waals surface area contributed by atoms with Crippen LogP contribution in [0.1, 0.15) is 29.5 Å². The van der Waals surface area contributed by atoms with Crippen molar-refractivity contribution in [3.8, 4) is 6.07 Å². The second-order valence-corrected chi connectivity index (χ2v) is 7.57. The Balaban J connectivity index is 1.52. The first-order valence-electron chi connectivity index (χ1n) is 9.49. The summed E-state index contributed by atoms with van der Waals surface area (Å²) in [6.45, 7) is 0.690. The molecule has 2 aromatic rings. The van der Waals surface area contributed by atoms with Gasteiger partial charge in [-0.05, 0) is 29.3 Å². The Hall–Kier alpha value is -2.95. The molecule has 7 heteroatoms. The van der Waals surface area contributed by atoms with Crippen LogP contribution in [0.4, 0.5) is 9.18 Å². The van der Waals surface area contributed by atoms with Crippen LogP contribution in [0.15, 0.2) is 48.5 Å². The number of hydrogen-bond acceptors (Lipinski definition) is 5. The molecule has 1 N–H and O–H groups in total. The lowest BCUT2D eigenvalue weighted by Crippen LogP contribution is -2.62. The van der Waals surface area contributed by atoms with Crippen LogP contribution in [0.3, 0.4) is 0 Å². The van der Waals surface area contributed by atoms with E-state index in [1.165, 1.54) is 12.1 Å². The van der Waals surface area contributed by atoms with Gasteiger partial charge in [-0.2, -0.15) is 5.26 Å². The third-order valence-corrected chi connectivity index (χ3v) is 5.53. The Kier molecular flexibility index (Phi) is 5.22. The van der Waals surface area contributed by atoms with Gasteiger partial charge in [0, 0.05) is 12.8 Å². The molecule has 0 spiro atoms. The van der Waals surface area contributed by atoms with Crippen molar-refractivity contribution >= 4 is 6.09 Å². The van der Waals surface area contributed by atoms with Gasteiger partial charge in [0.2, 0.25) is 0 Å². The van der Waals surface area contributed by atoms with Crippen molar-refractivity contribution in [2.75, 3.05) is 13.2 Å². The van der Waals surface area contributed by atoms with Crippen LogP contribution in [0, 0.1) is 17.1 Å². The normalized spacial score (nSPS) is 25.9. The van der Waals surface area contributed by atoms with Crippen molar-refractivity contribution in [1.82, 2.24) is 4.90 Å². The fraction of sp³-hybridized carbons (Fsp3) is 0.364. The second-order valence-electron chi connectivity index (χ2n) is 7.57. The molecule has 2 aliphatic heterocycles. The molecule has 2 aliphatic rings. The number of morpholine rings is 1. The van der Waals surface area contributed by atoms with Crippen LogP contribution >= 0.6 is 0 Å². The molecule has 1 amide bonds. The van der Waals surface area contributed by atoms with E-state index < -0.39 is 29.6 Å². The first-order valence-corrected chi connectivity index (χ1v) is 9.49. The van der Waals surface area contributed by atoms with E-state index in [9.17, 15) is 14.3 Å². The van der Waals surface area contributed by atoms with Gasteiger partial charge in [0.05, 0.1) is 42.5 Å². The number of piperidine rings is 1. The van der Waals surface area contributed by atoms with Gasteiger partial charge in [-0.15, -0.1) is 0 Å². The molecular weight excluding hydrogens is 375 g/mol. The largest absolute Gasteiger partial charge is 0.445 e. The Morgan fingerprint density at radius 1 is 1.24 bits per heavy atom. The van der Waals surface area contributed by atoms with E-state index in [1.54, 1.807) is 4.90 Å². The minimum atomic E-state index is -1.34. The van der Waals surface area contributed by atoms with Crippen LogP contribution in [0.25, 0.3) is 0 Å². The first-order chi connectivity index (χ1) is 14.0. The highest BCUT2D eigenvalue weighted by Gasteiger charge is 2.49. The van der Waals surface area contributed by atoms with Gasteiger partial charge in [-0.25, -0.2) is 9.18 Å². The van der Waals surface area contributed by atoms with E-state index in [4.69, 9.17) is 14.7 Å². The summed E-state index contributed by atoms with van der Waals surface area (Å²) in [7, 11) is 0. The number of rotatable bonds is 3. The molecule has 0 aromatic heterocycles. The van der Waals surface area contributed by atoms with Crippen molar-refractivity contribution < 1.29 is 23.8 Å². The summed E-state index contributed by atoms with van der Waals surface area (Å²) in [6.07, 6.45) is -0.0950. The van der Waals surface area contributed by atoms with Crippen LogP contribution in [0.5, 0.6) is 0 Å². The van der Waals surface area contributed by atoms with Gasteiger partial charge in [-0.1, -0.05) is 30.3 Å². The third kappa shape index (κ3) is 3.95. The highest BCUT2D eigenvalue weighted by atomic mass is 19.1. The number of amides is 1. The zero-order valence-corrected chi connectivity index (χ0v) is 15.8. The molecule has 2 unspecified atom stereocenters. The number of ether oxygens (including phenoxy) is 2. The number of halogens is 1. The highest BCUT2D eigenvalue weighted by molar-refractivity contribution is 5.69. The molecule has 2 heterocycles. The van der Waals surface area contributed by atoms with Crippen molar-refractivity contribution in [3.63, 3.8) is 0 Å². The lowest BCUT2D eigenvalue weighted by molar-refractivity contribution is -0.137. The maximum absolute atomic E-state index is 13.9. The minimum Gasteiger partial charge on any atom is -0.445 e. The van der Waals surface area contributed by atoms with E-state index in [1.807, 2.05) is 36.4 Å². The number of nitriles is 1. The van der Waals surface area contributed by atoms with E-state index in [0.717, 1.165) is 11.6 Å². The standard InChI is InChI=1S/C22H21FN2O4/c23-18-7-16(11-24)6-17(8-18)22(27)9-19-13-28-14-20(10-22)25(19)21(26)29-12-15-4-2-1-3-5-15/h1-8,19-20,27H,9-10,12-14H2. The monoisotopic (exact) mass is 396 g/mol. The van der Waals surface area contributed by atoms with Gasteiger partial charge < -0.3 is 14.6 Å². The molecule has 2 aromatic carbocycles. The maximum atomic E-state index is 13.9. The van der Waals surface area contributed by atoms with Crippen molar-refractivity contribution in [3.05, 3.63) is 71.0 Å². The summed E-state index contributed by atoms with van der Waals surface area (Å²) < 4.78 is 25.0. The summed E-state index contributed by atoms with van der Waals surface area (Å²) in [5.74, 6) is -0.571. The fourth-order valence-electron chi connectivity index (χ4n) is 4.23. The van der Waals surface area contributed by atoms with E-state index in [-0.39, 0.29) is 38.2 Å². The Labute approximate surface area is 168 Å². The second kappa shape index (κ2) is 7.82. The zero-order chi connectivity index (χ0) is 20.4. The van der Waals surface area contributed by atoms with Crippen molar-refractivity contribution in [1.29, 1.82) is 5.26 Å². The molecule has 2 atom stereocenters. The predicted octanol–water partition coefficient (Wildman–Crippen LogP) is 3.08. The lowest BCUT2D eigenvalue weighted by atomic mass is 9.76. The number of nitrogens with zero attached hydrogens (tertiary/aromatic N) is 2. The Morgan fingerprint density at radius 3 is 2.59 bits per heavy atom. The molecule has 4 rings (SSSR count). The van der Waals surface area contributed by atoms with Gasteiger partial charge in [0.1, 0.15) is 12.4 Å². The first kappa shape index (κ1) is 19.4. The van der Waals surface area contributed by atoms with Gasteiger partial charge in [0.25, 0.3) is 0 Å². The number of aliphatic hydroxyl groups is 1. The third-order valence-electron chi connectivity index (χ3n) is 5.53. The molecule has 0 aliphatic carbocycles. The van der Waals surface area contributed by atoms with E-state index in [2.05, 4.69) is 0 Å². The van der Waals surface area contributed by atoms with Crippen LogP contribution in [-0.2, 0) is 21.7 Å². The Morgan fingerprint density at radius 2 is 1.93 bits per heavy atom. The van der Waals surface area contributed by atoms with Crippen molar-refractivity contribution in [2.24, 2.45) is 0 Å². The quantitative estimate of drug-likeness (QED) is 0.862. The fourth-order valence-corrected chi connectivity index (χ4v) is 4.23. The highest BCUT2D eigenvalue weighted by Crippen LogP contribution is 2.41. The summed E-state index contributed by atoms with van der Waals surface area (Å²) in [5, 5.41) is 20.4. The van der Waals surface area contributed by atoms with Crippen LogP contribution < -0.4 is 0 Å². The number of benzene rings is 2. The summed E-state index contributed by atoms with van der Waals surface area (Å²) >= 11 is 0. The zero-order valence-electron chi connectivity index (χ0n) is 15.8. The summed E-state index contributed by atoms with van der Waals surface area (Å²) in [4.78, 5) is 14.4. The smallest absolute Gasteiger partial charge is 0.410 e. The molecule has 2 saturated heterocycles. The van der Waals surface area contributed by atoms with E-state index in [0.29, 0.717) is 5.56 Å². The van der Waals surface area contributed by atoms with Gasteiger partial charge >= 0.3 is 6.09 Å². The van der Waals surface area contributed by atoms with E-state index >= 15 is 0 Å². The lowest BCUT2D eigenvalue weighted by Gasteiger charge is -2.51. The number of carbonyl (C=O) groups excluding carboxylic acids is 1. The van der Waals surface area contributed by atoms with Gasteiger partial charge in [0.15, 0.2) is 0 Å². The molecule has 29 heavy (non-hydrogen) atoms. The number of fused-ring (bicyclic) bond motifs is 2. The molecule has 0 saturated carbocycles. The van der Waals surface area contributed by atoms with Crippen LogP contribution in [0.2, 0.25) is 0 Å². The molecule has 0 radical (unpaired) electrons. The molecule has 2 bridgehead atoms. The van der Waals surface area contributed by atoms with Crippen LogP contribution in [-0.4, -0.2) is 41.4 Å². The predicted molar refractivity (Wildman–Crippen MR) is 101 cm³/mol. The van der Waals surface area contributed by atoms with Crippen molar-refractivity contribution in [2.45, 2.75) is 37.1 Å². The summed E-state index contributed by atoms with van der Waals surface area (Å²) in [5.41, 5.74) is 0.0468. The maximum Gasteiger partial charge on any atom is 0.410 e. The average Bonchev–Trinajstić information content (AvgIpc) is 2.71. The number of carbonyl (C=O) groups is 1. The molecular formula is C22H21FN2O4. The average molecular weight is 396 g/mol. The number of hydrogen-bond donors (Lipinski definition) is 1. The molecule has 150 valence electrons. The SMILES string of the molecule is N#Cc1cc(F)cc(C2(O)CC3COCC(C2)N3C(=O)OCc2ccccc2)c1.